The molecule has 6 heteroatoms. The van der Waals surface area contributed by atoms with Gasteiger partial charge in [0.2, 0.25) is 5.91 Å². The van der Waals surface area contributed by atoms with Crippen molar-refractivity contribution < 1.29 is 13.9 Å². The van der Waals surface area contributed by atoms with Crippen LogP contribution in [0.15, 0.2) is 24.3 Å². The SMILES string of the molecule is CCN[C@H](C)CNC(=O)CCCOc1ccc(F)cc1.Cl. The standard InChI is InChI=1S/C15H23FN2O2.ClH/c1-3-17-12(2)11-18-15(19)5-4-10-20-14-8-6-13(16)7-9-14;/h6-9,12,17H,3-5,10-11H2,1-2H3,(H,18,19);1H/t12-;/m1./s1. The Morgan fingerprint density at radius 1 is 1.33 bits per heavy atom. The minimum absolute atomic E-state index is 0. The third-order valence-electron chi connectivity index (χ3n) is 2.79. The molecule has 120 valence electrons. The van der Waals surface area contributed by atoms with Gasteiger partial charge >= 0.3 is 0 Å². The molecular formula is C15H24ClFN2O2. The van der Waals surface area contributed by atoms with Gasteiger partial charge < -0.3 is 15.4 Å². The van der Waals surface area contributed by atoms with E-state index in [1.807, 2.05) is 13.8 Å². The monoisotopic (exact) mass is 318 g/mol. The van der Waals surface area contributed by atoms with Crippen LogP contribution in [-0.4, -0.2) is 31.6 Å². The molecule has 21 heavy (non-hydrogen) atoms. The number of nitrogens with one attached hydrogen (secondary N) is 2. The summed E-state index contributed by atoms with van der Waals surface area (Å²) in [5.41, 5.74) is 0. The molecule has 0 aromatic heterocycles. The van der Waals surface area contributed by atoms with Crippen LogP contribution in [0.5, 0.6) is 5.75 Å². The lowest BCUT2D eigenvalue weighted by Gasteiger charge is -2.13. The summed E-state index contributed by atoms with van der Waals surface area (Å²) in [7, 11) is 0. The molecule has 0 aliphatic heterocycles. The summed E-state index contributed by atoms with van der Waals surface area (Å²) in [4.78, 5) is 11.6. The van der Waals surface area contributed by atoms with E-state index >= 15 is 0 Å². The number of rotatable bonds is 9. The predicted octanol–water partition coefficient (Wildman–Crippen LogP) is 2.52. The van der Waals surface area contributed by atoms with Crippen molar-refractivity contribution in [2.75, 3.05) is 19.7 Å². The summed E-state index contributed by atoms with van der Waals surface area (Å²) in [5, 5.41) is 6.09. The van der Waals surface area contributed by atoms with Gasteiger partial charge in [-0.1, -0.05) is 6.92 Å². The molecule has 0 radical (unpaired) electrons. The second-order valence-corrected chi connectivity index (χ2v) is 4.67. The average molecular weight is 319 g/mol. The molecule has 2 N–H and O–H groups in total. The van der Waals surface area contributed by atoms with Crippen LogP contribution in [0.25, 0.3) is 0 Å². The number of hydrogen-bond acceptors (Lipinski definition) is 3. The molecule has 4 nitrogen and oxygen atoms in total. The minimum Gasteiger partial charge on any atom is -0.494 e. The average Bonchev–Trinajstić information content (AvgIpc) is 2.43. The molecule has 0 unspecified atom stereocenters. The van der Waals surface area contributed by atoms with Crippen LogP contribution >= 0.6 is 12.4 Å². The zero-order valence-corrected chi connectivity index (χ0v) is 13.3. The first-order valence-corrected chi connectivity index (χ1v) is 7.00. The maximum Gasteiger partial charge on any atom is 0.220 e. The lowest BCUT2D eigenvalue weighted by Crippen LogP contribution is -2.38. The van der Waals surface area contributed by atoms with E-state index in [0.29, 0.717) is 31.7 Å². The summed E-state index contributed by atoms with van der Waals surface area (Å²) in [6, 6.07) is 6.13. The molecular weight excluding hydrogens is 295 g/mol. The number of ether oxygens (including phenoxy) is 1. The number of benzene rings is 1. The third-order valence-corrected chi connectivity index (χ3v) is 2.79. The fourth-order valence-corrected chi connectivity index (χ4v) is 1.73. The smallest absolute Gasteiger partial charge is 0.220 e. The van der Waals surface area contributed by atoms with Crippen molar-refractivity contribution in [3.05, 3.63) is 30.1 Å². The Bertz CT molecular complexity index is 401. The fourth-order valence-electron chi connectivity index (χ4n) is 1.73. The topological polar surface area (TPSA) is 50.4 Å². The van der Waals surface area contributed by atoms with E-state index in [-0.39, 0.29) is 30.2 Å². The molecule has 0 aliphatic rings. The van der Waals surface area contributed by atoms with Gasteiger partial charge in [0.1, 0.15) is 11.6 Å². The van der Waals surface area contributed by atoms with Gasteiger partial charge in [0, 0.05) is 19.0 Å². The first-order chi connectivity index (χ1) is 9.61. The summed E-state index contributed by atoms with van der Waals surface area (Å²) in [6.45, 7) is 6.03. The number of amides is 1. The number of likely N-dealkylation sites (N-methyl/N-ethyl adjacent to an activating group) is 1. The van der Waals surface area contributed by atoms with E-state index in [2.05, 4.69) is 10.6 Å². The fraction of sp³-hybridized carbons (Fsp3) is 0.533. The second kappa shape index (κ2) is 11.3. The van der Waals surface area contributed by atoms with Gasteiger partial charge in [-0.2, -0.15) is 0 Å². The minimum atomic E-state index is -0.286. The lowest BCUT2D eigenvalue weighted by molar-refractivity contribution is -0.121. The zero-order valence-electron chi connectivity index (χ0n) is 12.5. The van der Waals surface area contributed by atoms with Crippen molar-refractivity contribution in [2.24, 2.45) is 0 Å². The molecule has 1 aromatic rings. The Morgan fingerprint density at radius 3 is 2.62 bits per heavy atom. The largest absolute Gasteiger partial charge is 0.494 e. The molecule has 0 bridgehead atoms. The summed E-state index contributed by atoms with van der Waals surface area (Å²) in [5.74, 6) is 0.358. The van der Waals surface area contributed by atoms with Gasteiger partial charge in [-0.05, 0) is 44.2 Å². The van der Waals surface area contributed by atoms with Crippen LogP contribution in [-0.2, 0) is 4.79 Å². The van der Waals surface area contributed by atoms with Crippen LogP contribution in [0, 0.1) is 5.82 Å². The van der Waals surface area contributed by atoms with Crippen LogP contribution in [0.1, 0.15) is 26.7 Å². The van der Waals surface area contributed by atoms with Crippen LogP contribution in [0.4, 0.5) is 4.39 Å². The number of halogens is 2. The molecule has 0 spiro atoms. The maximum absolute atomic E-state index is 12.7. The van der Waals surface area contributed by atoms with Gasteiger partial charge in [0.05, 0.1) is 6.61 Å². The Morgan fingerprint density at radius 2 is 2.00 bits per heavy atom. The van der Waals surface area contributed by atoms with E-state index in [0.717, 1.165) is 6.54 Å². The molecule has 1 amide bonds. The van der Waals surface area contributed by atoms with E-state index in [4.69, 9.17) is 4.74 Å². The number of carbonyl (C=O) groups is 1. The van der Waals surface area contributed by atoms with Crippen LogP contribution < -0.4 is 15.4 Å². The highest BCUT2D eigenvalue weighted by Crippen LogP contribution is 2.11. The predicted molar refractivity (Wildman–Crippen MR) is 84.5 cm³/mol. The molecule has 1 rings (SSSR count). The third kappa shape index (κ3) is 9.26. The zero-order chi connectivity index (χ0) is 14.8. The highest BCUT2D eigenvalue weighted by molar-refractivity contribution is 5.85. The van der Waals surface area contributed by atoms with Crippen LogP contribution in [0.3, 0.4) is 0 Å². The van der Waals surface area contributed by atoms with E-state index < -0.39 is 0 Å². The number of hydrogen-bond donors (Lipinski definition) is 2. The van der Waals surface area contributed by atoms with Gasteiger partial charge in [0.15, 0.2) is 0 Å². The summed E-state index contributed by atoms with van der Waals surface area (Å²) < 4.78 is 18.1. The normalized spacial score (nSPS) is 11.4. The Balaban J connectivity index is 0.00000400. The van der Waals surface area contributed by atoms with Gasteiger partial charge in [-0.25, -0.2) is 4.39 Å². The molecule has 0 saturated heterocycles. The Kier molecular flexibility index (Phi) is 10.6. The van der Waals surface area contributed by atoms with Crippen molar-refractivity contribution in [3.63, 3.8) is 0 Å². The Hall–Kier alpha value is -1.33. The quantitative estimate of drug-likeness (QED) is 0.688. The summed E-state index contributed by atoms with van der Waals surface area (Å²) >= 11 is 0. The van der Waals surface area contributed by atoms with Crippen molar-refractivity contribution in [1.82, 2.24) is 10.6 Å². The van der Waals surface area contributed by atoms with Gasteiger partial charge in [0.25, 0.3) is 0 Å². The Labute approximate surface area is 131 Å². The highest BCUT2D eigenvalue weighted by Gasteiger charge is 2.04. The maximum atomic E-state index is 12.7. The first-order valence-electron chi connectivity index (χ1n) is 7.00. The molecule has 0 fully saturated rings. The second-order valence-electron chi connectivity index (χ2n) is 4.67. The number of carbonyl (C=O) groups excluding carboxylic acids is 1. The molecule has 1 aromatic carbocycles. The highest BCUT2D eigenvalue weighted by atomic mass is 35.5. The van der Waals surface area contributed by atoms with E-state index in [1.54, 1.807) is 12.1 Å². The van der Waals surface area contributed by atoms with Crippen molar-refractivity contribution in [1.29, 1.82) is 0 Å². The lowest BCUT2D eigenvalue weighted by atomic mass is 10.3. The van der Waals surface area contributed by atoms with Crippen LogP contribution in [0.2, 0.25) is 0 Å². The van der Waals surface area contributed by atoms with Gasteiger partial charge in [-0.15, -0.1) is 12.4 Å². The molecule has 1 atom stereocenters. The molecule has 0 aliphatic carbocycles. The van der Waals surface area contributed by atoms with E-state index in [1.165, 1.54) is 12.1 Å². The van der Waals surface area contributed by atoms with Crippen molar-refractivity contribution in [2.45, 2.75) is 32.7 Å². The van der Waals surface area contributed by atoms with E-state index in [9.17, 15) is 9.18 Å². The van der Waals surface area contributed by atoms with Crippen molar-refractivity contribution >= 4 is 18.3 Å². The first kappa shape index (κ1) is 19.7. The molecule has 0 heterocycles. The van der Waals surface area contributed by atoms with Gasteiger partial charge in [-0.3, -0.25) is 4.79 Å². The molecule has 0 saturated carbocycles. The summed E-state index contributed by atoms with van der Waals surface area (Å²) in [6.07, 6.45) is 1.07. The van der Waals surface area contributed by atoms with Crippen molar-refractivity contribution in [3.8, 4) is 5.75 Å².